The average Bonchev–Trinajstić information content (AvgIpc) is 3.27. The number of thiazole rings is 1. The SMILES string of the molecule is O=C(O)Cc1ccc(NCc2cnc(NC(=O)N(C3CCCCC3)C3CCCCC3)s2)cc1. The Morgan fingerprint density at radius 3 is 2.15 bits per heavy atom. The molecule has 1 aromatic heterocycles. The van der Waals surface area contributed by atoms with Gasteiger partial charge in [-0.2, -0.15) is 0 Å². The van der Waals surface area contributed by atoms with E-state index in [9.17, 15) is 9.59 Å². The Kier molecular flexibility index (Phi) is 8.20. The lowest BCUT2D eigenvalue weighted by molar-refractivity contribution is -0.136. The lowest BCUT2D eigenvalue weighted by Crippen LogP contribution is -2.50. The number of nitrogens with zero attached hydrogens (tertiary/aromatic N) is 2. The number of amides is 2. The van der Waals surface area contributed by atoms with Crippen molar-refractivity contribution in [3.63, 3.8) is 0 Å². The lowest BCUT2D eigenvalue weighted by Gasteiger charge is -2.41. The Balaban J connectivity index is 1.34. The van der Waals surface area contributed by atoms with E-state index in [2.05, 4.69) is 20.5 Å². The Labute approximate surface area is 199 Å². The number of aromatic nitrogens is 1. The summed E-state index contributed by atoms with van der Waals surface area (Å²) >= 11 is 1.49. The van der Waals surface area contributed by atoms with Crippen molar-refractivity contribution in [1.29, 1.82) is 0 Å². The molecule has 178 valence electrons. The first-order valence-electron chi connectivity index (χ1n) is 12.2. The predicted octanol–water partition coefficient (Wildman–Crippen LogP) is 5.88. The average molecular weight is 471 g/mol. The summed E-state index contributed by atoms with van der Waals surface area (Å²) in [6.45, 7) is 0.598. The molecular weight excluding hydrogens is 436 g/mol. The van der Waals surface area contributed by atoms with Crippen LogP contribution in [0.3, 0.4) is 0 Å². The van der Waals surface area contributed by atoms with Gasteiger partial charge in [0, 0.05) is 28.8 Å². The number of carbonyl (C=O) groups is 2. The van der Waals surface area contributed by atoms with Crippen LogP contribution in [0.25, 0.3) is 0 Å². The number of urea groups is 1. The normalized spacial score (nSPS) is 17.5. The van der Waals surface area contributed by atoms with Crippen LogP contribution in [-0.2, 0) is 17.8 Å². The summed E-state index contributed by atoms with van der Waals surface area (Å²) < 4.78 is 0. The van der Waals surface area contributed by atoms with Gasteiger partial charge in [-0.3, -0.25) is 10.1 Å². The number of hydrogen-bond acceptors (Lipinski definition) is 5. The van der Waals surface area contributed by atoms with Gasteiger partial charge in [0.15, 0.2) is 5.13 Å². The Hall–Kier alpha value is -2.61. The maximum Gasteiger partial charge on any atom is 0.324 e. The van der Waals surface area contributed by atoms with E-state index in [0.717, 1.165) is 41.8 Å². The van der Waals surface area contributed by atoms with E-state index in [0.29, 0.717) is 23.8 Å². The van der Waals surface area contributed by atoms with E-state index in [1.165, 1.54) is 49.9 Å². The first-order valence-corrected chi connectivity index (χ1v) is 13.0. The fraction of sp³-hybridized carbons (Fsp3) is 0.560. The van der Waals surface area contributed by atoms with Crippen LogP contribution in [0.2, 0.25) is 0 Å². The summed E-state index contributed by atoms with van der Waals surface area (Å²) in [5.74, 6) is -0.833. The predicted molar refractivity (Wildman–Crippen MR) is 132 cm³/mol. The number of benzene rings is 1. The molecule has 8 heteroatoms. The molecule has 0 atom stereocenters. The highest BCUT2D eigenvalue weighted by atomic mass is 32.1. The molecule has 3 N–H and O–H groups in total. The van der Waals surface area contributed by atoms with Crippen LogP contribution < -0.4 is 10.6 Å². The van der Waals surface area contributed by atoms with Gasteiger partial charge in [-0.05, 0) is 43.4 Å². The molecule has 2 amide bonds. The zero-order valence-corrected chi connectivity index (χ0v) is 19.9. The van der Waals surface area contributed by atoms with E-state index in [-0.39, 0.29) is 12.5 Å². The molecule has 0 aliphatic heterocycles. The third-order valence-electron chi connectivity index (χ3n) is 6.71. The molecule has 7 nitrogen and oxygen atoms in total. The summed E-state index contributed by atoms with van der Waals surface area (Å²) in [6, 6.07) is 8.12. The van der Waals surface area contributed by atoms with Crippen molar-refractivity contribution in [2.45, 2.75) is 89.3 Å². The summed E-state index contributed by atoms with van der Waals surface area (Å²) in [5, 5.41) is 16.0. The molecule has 2 saturated carbocycles. The van der Waals surface area contributed by atoms with Crippen molar-refractivity contribution >= 4 is 34.2 Å². The minimum absolute atomic E-state index is 0.0108. The van der Waals surface area contributed by atoms with E-state index in [1.807, 2.05) is 24.3 Å². The number of carbonyl (C=O) groups excluding carboxylic acids is 1. The minimum Gasteiger partial charge on any atom is -0.481 e. The zero-order valence-electron chi connectivity index (χ0n) is 19.1. The number of aliphatic carboxylic acids is 1. The van der Waals surface area contributed by atoms with Gasteiger partial charge >= 0.3 is 12.0 Å². The van der Waals surface area contributed by atoms with Gasteiger partial charge in [0.2, 0.25) is 0 Å². The van der Waals surface area contributed by atoms with Crippen LogP contribution in [-0.4, -0.2) is 39.1 Å². The molecule has 0 bridgehead atoms. The second kappa shape index (κ2) is 11.5. The topological polar surface area (TPSA) is 94.6 Å². The molecule has 0 radical (unpaired) electrons. The van der Waals surface area contributed by atoms with Gasteiger partial charge in [0.05, 0.1) is 13.0 Å². The van der Waals surface area contributed by atoms with Gasteiger partial charge in [0.1, 0.15) is 0 Å². The first-order chi connectivity index (χ1) is 16.1. The third kappa shape index (κ3) is 6.69. The monoisotopic (exact) mass is 470 g/mol. The summed E-state index contributed by atoms with van der Waals surface area (Å²) in [4.78, 5) is 31.8. The van der Waals surface area contributed by atoms with Crippen molar-refractivity contribution < 1.29 is 14.7 Å². The number of carboxylic acids is 1. The molecular formula is C25H34N4O3S. The molecule has 33 heavy (non-hydrogen) atoms. The Morgan fingerprint density at radius 2 is 1.58 bits per heavy atom. The summed E-state index contributed by atoms with van der Waals surface area (Å²) in [5.41, 5.74) is 1.69. The Morgan fingerprint density at radius 1 is 0.970 bits per heavy atom. The van der Waals surface area contributed by atoms with Crippen LogP contribution >= 0.6 is 11.3 Å². The zero-order chi connectivity index (χ0) is 23.0. The van der Waals surface area contributed by atoms with Crippen LogP contribution in [0, 0.1) is 0 Å². The highest BCUT2D eigenvalue weighted by Crippen LogP contribution is 2.31. The van der Waals surface area contributed by atoms with Crippen molar-refractivity contribution in [2.75, 3.05) is 10.6 Å². The number of hydrogen-bond donors (Lipinski definition) is 3. The molecule has 2 aliphatic rings. The summed E-state index contributed by atoms with van der Waals surface area (Å²) in [7, 11) is 0. The molecule has 1 aromatic carbocycles. The smallest absolute Gasteiger partial charge is 0.324 e. The van der Waals surface area contributed by atoms with E-state index < -0.39 is 5.97 Å². The molecule has 2 fully saturated rings. The Bertz CT molecular complexity index is 900. The standard InChI is InChI=1S/C25H34N4O3S/c30-23(31)15-18-11-13-19(14-12-18)26-16-22-17-27-24(33-22)28-25(32)29(20-7-3-1-4-8-20)21-9-5-2-6-10-21/h11-14,17,20-21,26H,1-10,15-16H2,(H,30,31)(H,27,28,32). The van der Waals surface area contributed by atoms with E-state index in [4.69, 9.17) is 5.11 Å². The minimum atomic E-state index is -0.833. The van der Waals surface area contributed by atoms with Crippen LogP contribution in [0.1, 0.15) is 74.6 Å². The van der Waals surface area contributed by atoms with Gasteiger partial charge in [-0.1, -0.05) is 62.0 Å². The fourth-order valence-corrected chi connectivity index (χ4v) is 5.80. The highest BCUT2D eigenvalue weighted by molar-refractivity contribution is 7.15. The van der Waals surface area contributed by atoms with E-state index in [1.54, 1.807) is 6.20 Å². The lowest BCUT2D eigenvalue weighted by atomic mass is 9.89. The maximum atomic E-state index is 13.3. The number of anilines is 2. The third-order valence-corrected chi connectivity index (χ3v) is 7.63. The first kappa shape index (κ1) is 23.5. The van der Waals surface area contributed by atoms with Crippen molar-refractivity contribution in [1.82, 2.24) is 9.88 Å². The van der Waals surface area contributed by atoms with Crippen LogP contribution in [0.4, 0.5) is 15.6 Å². The molecule has 0 saturated heterocycles. The quantitative estimate of drug-likeness (QED) is 0.448. The largest absolute Gasteiger partial charge is 0.481 e. The van der Waals surface area contributed by atoms with Crippen LogP contribution in [0.5, 0.6) is 0 Å². The van der Waals surface area contributed by atoms with Gasteiger partial charge < -0.3 is 15.3 Å². The van der Waals surface area contributed by atoms with Crippen molar-refractivity contribution in [3.8, 4) is 0 Å². The van der Waals surface area contributed by atoms with Gasteiger partial charge in [-0.25, -0.2) is 9.78 Å². The summed E-state index contributed by atoms with van der Waals surface area (Å²) in [6.07, 6.45) is 13.7. The second-order valence-corrected chi connectivity index (χ2v) is 10.3. The fourth-order valence-electron chi connectivity index (χ4n) is 5.06. The van der Waals surface area contributed by atoms with Gasteiger partial charge in [-0.15, -0.1) is 0 Å². The van der Waals surface area contributed by atoms with Crippen molar-refractivity contribution in [3.05, 3.63) is 40.9 Å². The van der Waals surface area contributed by atoms with Crippen LogP contribution in [0.15, 0.2) is 30.5 Å². The number of carboxylic acid groups (broad SMARTS) is 1. The molecule has 2 aliphatic carbocycles. The molecule has 0 spiro atoms. The number of rotatable bonds is 8. The second-order valence-electron chi connectivity index (χ2n) is 9.17. The molecule has 1 heterocycles. The molecule has 4 rings (SSSR count). The highest BCUT2D eigenvalue weighted by Gasteiger charge is 2.32. The van der Waals surface area contributed by atoms with E-state index >= 15 is 0 Å². The molecule has 0 unspecified atom stereocenters. The number of nitrogens with one attached hydrogen (secondary N) is 2. The maximum absolute atomic E-state index is 13.3. The van der Waals surface area contributed by atoms with Gasteiger partial charge in [0.25, 0.3) is 0 Å². The molecule has 2 aromatic rings. The van der Waals surface area contributed by atoms with Crippen molar-refractivity contribution in [2.24, 2.45) is 0 Å².